The Labute approximate surface area is 74.4 Å². The molecule has 0 aliphatic carbocycles. The number of allylic oxidation sites excluding steroid dienone is 1. The Morgan fingerprint density at radius 1 is 1.50 bits per heavy atom. The number of amidine groups is 1. The second-order valence-corrected chi connectivity index (χ2v) is 1.96. The lowest BCUT2D eigenvalue weighted by Gasteiger charge is -1.93. The van der Waals surface area contributed by atoms with E-state index in [1.807, 2.05) is 39.1 Å². The minimum absolute atomic E-state index is 0.832. The molecule has 66 valence electrons. The fraction of sp³-hybridized carbons (Fsp3) is 0.300. The van der Waals surface area contributed by atoms with Gasteiger partial charge in [-0.05, 0) is 13.0 Å². The van der Waals surface area contributed by atoms with E-state index >= 15 is 0 Å². The zero-order chi connectivity index (χ0) is 9.40. The SMILES string of the molecule is C=C1C=CNC1=N/C=C\C.CC. The van der Waals surface area contributed by atoms with E-state index in [4.69, 9.17) is 0 Å². The van der Waals surface area contributed by atoms with Crippen molar-refractivity contribution in [3.63, 3.8) is 0 Å². The van der Waals surface area contributed by atoms with Gasteiger partial charge in [-0.2, -0.15) is 0 Å². The number of nitrogens with zero attached hydrogens (tertiary/aromatic N) is 1. The monoisotopic (exact) mass is 164 g/mol. The summed E-state index contributed by atoms with van der Waals surface area (Å²) in [6, 6.07) is 0. The summed E-state index contributed by atoms with van der Waals surface area (Å²) in [5, 5.41) is 2.96. The van der Waals surface area contributed by atoms with Crippen molar-refractivity contribution >= 4 is 5.84 Å². The highest BCUT2D eigenvalue weighted by Crippen LogP contribution is 2.01. The van der Waals surface area contributed by atoms with E-state index in [1.165, 1.54) is 0 Å². The lowest BCUT2D eigenvalue weighted by atomic mass is 10.3. The maximum atomic E-state index is 4.09. The average Bonchev–Trinajstić information content (AvgIpc) is 2.51. The van der Waals surface area contributed by atoms with Gasteiger partial charge in [0.05, 0.1) is 0 Å². The molecule has 1 N–H and O–H groups in total. The first-order valence-corrected chi connectivity index (χ1v) is 4.16. The Balaban J connectivity index is 0.000000561. The van der Waals surface area contributed by atoms with Crippen LogP contribution < -0.4 is 5.32 Å². The summed E-state index contributed by atoms with van der Waals surface area (Å²) < 4.78 is 0. The van der Waals surface area contributed by atoms with Gasteiger partial charge in [0.25, 0.3) is 0 Å². The summed E-state index contributed by atoms with van der Waals surface area (Å²) in [7, 11) is 0. The molecule has 0 radical (unpaired) electrons. The summed E-state index contributed by atoms with van der Waals surface area (Å²) in [5.74, 6) is 0.832. The van der Waals surface area contributed by atoms with Crippen molar-refractivity contribution in [2.75, 3.05) is 0 Å². The van der Waals surface area contributed by atoms with Gasteiger partial charge in [0.1, 0.15) is 5.84 Å². The van der Waals surface area contributed by atoms with Crippen LogP contribution in [0.5, 0.6) is 0 Å². The third kappa shape index (κ3) is 3.19. The van der Waals surface area contributed by atoms with Gasteiger partial charge in [-0.15, -0.1) is 0 Å². The number of hydrogen-bond acceptors (Lipinski definition) is 1. The smallest absolute Gasteiger partial charge is 0.136 e. The van der Waals surface area contributed by atoms with Crippen molar-refractivity contribution in [3.05, 3.63) is 36.7 Å². The van der Waals surface area contributed by atoms with Crippen molar-refractivity contribution in [2.45, 2.75) is 20.8 Å². The highest BCUT2D eigenvalue weighted by molar-refractivity contribution is 6.03. The van der Waals surface area contributed by atoms with E-state index in [0.717, 1.165) is 11.4 Å². The first kappa shape index (κ1) is 10.7. The number of hydrogen-bond donors (Lipinski definition) is 1. The Morgan fingerprint density at radius 2 is 2.17 bits per heavy atom. The minimum Gasteiger partial charge on any atom is -0.346 e. The van der Waals surface area contributed by atoms with Crippen LogP contribution >= 0.6 is 0 Å². The first-order chi connectivity index (χ1) is 5.84. The fourth-order valence-electron chi connectivity index (χ4n) is 0.662. The normalized spacial score (nSPS) is 17.9. The standard InChI is InChI=1S/C8H10N2.C2H6/c1-3-5-9-8-7(2)4-6-10-8;1-2/h3-6H,2H2,1H3,(H,9,10);1-2H3/b5-3-;. The van der Waals surface area contributed by atoms with Crippen LogP contribution in [-0.2, 0) is 0 Å². The van der Waals surface area contributed by atoms with Gasteiger partial charge < -0.3 is 5.32 Å². The first-order valence-electron chi connectivity index (χ1n) is 4.16. The molecule has 2 nitrogen and oxygen atoms in total. The van der Waals surface area contributed by atoms with Gasteiger partial charge in [-0.25, -0.2) is 4.99 Å². The minimum atomic E-state index is 0.832. The van der Waals surface area contributed by atoms with Gasteiger partial charge in [0, 0.05) is 18.0 Å². The maximum absolute atomic E-state index is 4.09. The van der Waals surface area contributed by atoms with Crippen LogP contribution in [0.2, 0.25) is 0 Å². The lowest BCUT2D eigenvalue weighted by Crippen LogP contribution is -2.11. The molecule has 1 aliphatic heterocycles. The third-order valence-electron chi connectivity index (χ3n) is 1.16. The molecule has 0 aromatic rings. The lowest BCUT2D eigenvalue weighted by molar-refractivity contribution is 1.29. The van der Waals surface area contributed by atoms with Crippen LogP contribution in [-0.4, -0.2) is 5.84 Å². The van der Waals surface area contributed by atoms with E-state index in [1.54, 1.807) is 6.20 Å². The molecule has 1 aliphatic rings. The predicted octanol–water partition coefficient (Wildman–Crippen LogP) is 2.62. The van der Waals surface area contributed by atoms with E-state index in [2.05, 4.69) is 16.9 Å². The molecule has 0 saturated carbocycles. The van der Waals surface area contributed by atoms with Crippen LogP contribution in [0.4, 0.5) is 0 Å². The second kappa shape index (κ2) is 6.40. The third-order valence-corrected chi connectivity index (χ3v) is 1.16. The highest BCUT2D eigenvalue weighted by Gasteiger charge is 2.02. The van der Waals surface area contributed by atoms with Crippen LogP contribution in [0.15, 0.2) is 41.7 Å². The molecule has 0 atom stereocenters. The van der Waals surface area contributed by atoms with Crippen molar-refractivity contribution in [1.29, 1.82) is 0 Å². The van der Waals surface area contributed by atoms with E-state index in [9.17, 15) is 0 Å². The summed E-state index contributed by atoms with van der Waals surface area (Å²) in [4.78, 5) is 4.09. The van der Waals surface area contributed by atoms with E-state index in [0.29, 0.717) is 0 Å². The van der Waals surface area contributed by atoms with Crippen LogP contribution in [0.1, 0.15) is 20.8 Å². The fourth-order valence-corrected chi connectivity index (χ4v) is 0.662. The number of rotatable bonds is 1. The molecule has 0 fully saturated rings. The molecule has 2 heteroatoms. The summed E-state index contributed by atoms with van der Waals surface area (Å²) in [6.07, 6.45) is 7.33. The topological polar surface area (TPSA) is 24.4 Å². The highest BCUT2D eigenvalue weighted by atomic mass is 15.0. The summed E-state index contributed by atoms with van der Waals surface area (Å²) in [5.41, 5.74) is 0.929. The maximum Gasteiger partial charge on any atom is 0.136 e. The van der Waals surface area contributed by atoms with Gasteiger partial charge in [-0.1, -0.05) is 26.5 Å². The largest absolute Gasteiger partial charge is 0.346 e. The van der Waals surface area contributed by atoms with Gasteiger partial charge >= 0.3 is 0 Å². The molecule has 1 heterocycles. The molecule has 0 unspecified atom stereocenters. The molecular formula is C10H16N2. The molecule has 0 spiro atoms. The Bertz CT molecular complexity index is 222. The zero-order valence-electron chi connectivity index (χ0n) is 7.96. The molecule has 0 saturated heterocycles. The van der Waals surface area contributed by atoms with Gasteiger partial charge in [-0.3, -0.25) is 0 Å². The Kier molecular flexibility index (Phi) is 5.70. The molecule has 0 aromatic heterocycles. The molecule has 1 rings (SSSR count). The van der Waals surface area contributed by atoms with Gasteiger partial charge in [0.2, 0.25) is 0 Å². The van der Waals surface area contributed by atoms with E-state index in [-0.39, 0.29) is 0 Å². The molecular weight excluding hydrogens is 148 g/mol. The van der Waals surface area contributed by atoms with Crippen LogP contribution in [0, 0.1) is 0 Å². The predicted molar refractivity (Wildman–Crippen MR) is 55.0 cm³/mol. The van der Waals surface area contributed by atoms with Gasteiger partial charge in [0.15, 0.2) is 0 Å². The van der Waals surface area contributed by atoms with Crippen molar-refractivity contribution < 1.29 is 0 Å². The van der Waals surface area contributed by atoms with Crippen LogP contribution in [0.3, 0.4) is 0 Å². The second-order valence-electron chi connectivity index (χ2n) is 1.96. The quantitative estimate of drug-likeness (QED) is 0.633. The Hall–Kier alpha value is -1.31. The molecule has 0 bridgehead atoms. The Morgan fingerprint density at radius 3 is 2.58 bits per heavy atom. The van der Waals surface area contributed by atoms with Crippen molar-refractivity contribution in [3.8, 4) is 0 Å². The molecule has 0 amide bonds. The van der Waals surface area contributed by atoms with Crippen molar-refractivity contribution in [2.24, 2.45) is 4.99 Å². The summed E-state index contributed by atoms with van der Waals surface area (Å²) in [6.45, 7) is 9.70. The zero-order valence-corrected chi connectivity index (χ0v) is 7.96. The number of aliphatic imine (C=N–C) groups is 1. The van der Waals surface area contributed by atoms with Crippen molar-refractivity contribution in [1.82, 2.24) is 5.32 Å². The molecule has 0 aromatic carbocycles. The van der Waals surface area contributed by atoms with Crippen LogP contribution in [0.25, 0.3) is 0 Å². The summed E-state index contributed by atoms with van der Waals surface area (Å²) >= 11 is 0. The molecule has 12 heavy (non-hydrogen) atoms. The number of nitrogens with one attached hydrogen (secondary N) is 1. The average molecular weight is 164 g/mol. The van der Waals surface area contributed by atoms with E-state index < -0.39 is 0 Å².